The van der Waals surface area contributed by atoms with Crippen LogP contribution in [0, 0.1) is 6.92 Å². The van der Waals surface area contributed by atoms with E-state index in [2.05, 4.69) is 67.3 Å². The van der Waals surface area contributed by atoms with Gasteiger partial charge in [-0.05, 0) is 59.1 Å². The van der Waals surface area contributed by atoms with Crippen LogP contribution in [0.2, 0.25) is 0 Å². The Morgan fingerprint density at radius 1 is 1.22 bits per heavy atom. The Bertz CT molecular complexity index is 1350. The van der Waals surface area contributed by atoms with Crippen molar-refractivity contribution in [3.63, 3.8) is 0 Å². The van der Waals surface area contributed by atoms with Crippen LogP contribution in [0.5, 0.6) is 0 Å². The number of fused-ring (bicyclic) bond motifs is 5. The van der Waals surface area contributed by atoms with Gasteiger partial charge >= 0.3 is 0 Å². The maximum absolute atomic E-state index is 5.59. The SMILES string of the molecule is C/C(=N\OCc1nc2c3c4c(sc3ncn2n1)C(C)(C)NC(C)(C)C4)c1ccc(C)cc1. The van der Waals surface area contributed by atoms with Crippen LogP contribution in [-0.4, -0.2) is 30.8 Å². The Labute approximate surface area is 191 Å². The van der Waals surface area contributed by atoms with E-state index >= 15 is 0 Å². The van der Waals surface area contributed by atoms with Crippen molar-refractivity contribution in [2.24, 2.45) is 5.16 Å². The summed E-state index contributed by atoms with van der Waals surface area (Å²) in [5.74, 6) is 0.590. The first-order valence-electron chi connectivity index (χ1n) is 10.8. The number of aromatic nitrogens is 4. The van der Waals surface area contributed by atoms with Gasteiger partial charge in [0.1, 0.15) is 11.2 Å². The number of hydrogen-bond donors (Lipinski definition) is 1. The zero-order valence-electron chi connectivity index (χ0n) is 19.4. The summed E-state index contributed by atoms with van der Waals surface area (Å²) in [5, 5.41) is 13.7. The van der Waals surface area contributed by atoms with Crippen LogP contribution in [0.4, 0.5) is 0 Å². The van der Waals surface area contributed by atoms with E-state index in [4.69, 9.17) is 9.82 Å². The van der Waals surface area contributed by atoms with Crippen molar-refractivity contribution in [3.8, 4) is 0 Å². The van der Waals surface area contributed by atoms with Gasteiger partial charge in [0, 0.05) is 16.0 Å². The standard InChI is InChI=1S/C24H28N6OS/c1-14-7-9-16(10-8-14)15(2)28-31-12-18-26-21-19-17-11-23(3,4)29-24(5,6)20(17)32-22(19)25-13-30(21)27-18/h7-10,13,29H,11-12H2,1-6H3/b28-15+. The Balaban J connectivity index is 1.47. The van der Waals surface area contributed by atoms with Gasteiger partial charge in [0.2, 0.25) is 0 Å². The van der Waals surface area contributed by atoms with Crippen molar-refractivity contribution >= 4 is 32.9 Å². The second-order valence-electron chi connectivity index (χ2n) is 9.76. The average molecular weight is 449 g/mol. The molecule has 0 saturated carbocycles. The molecule has 0 unspecified atom stereocenters. The fraction of sp³-hybridized carbons (Fsp3) is 0.417. The third-order valence-corrected chi connectivity index (χ3v) is 7.34. The van der Waals surface area contributed by atoms with Crippen LogP contribution < -0.4 is 5.32 Å². The number of hydrogen-bond acceptors (Lipinski definition) is 7. The van der Waals surface area contributed by atoms with Crippen LogP contribution >= 0.6 is 11.3 Å². The lowest BCUT2D eigenvalue weighted by Crippen LogP contribution is -2.54. The molecule has 0 atom stereocenters. The first-order valence-corrected chi connectivity index (χ1v) is 11.6. The third-order valence-electron chi connectivity index (χ3n) is 5.87. The van der Waals surface area contributed by atoms with E-state index in [1.807, 2.05) is 19.1 Å². The Hall–Kier alpha value is -2.84. The van der Waals surface area contributed by atoms with E-state index in [9.17, 15) is 0 Å². The first kappa shape index (κ1) is 21.0. The minimum absolute atomic E-state index is 0.00842. The molecule has 0 fully saturated rings. The fourth-order valence-electron chi connectivity index (χ4n) is 4.66. The van der Waals surface area contributed by atoms with Crippen molar-refractivity contribution in [2.75, 3.05) is 0 Å². The summed E-state index contributed by atoms with van der Waals surface area (Å²) < 4.78 is 1.76. The fourth-order valence-corrected chi connectivity index (χ4v) is 5.87. The lowest BCUT2D eigenvalue weighted by atomic mass is 9.82. The maximum Gasteiger partial charge on any atom is 0.192 e. The summed E-state index contributed by atoms with van der Waals surface area (Å²) in [6.07, 6.45) is 2.66. The molecule has 1 aromatic carbocycles. The summed E-state index contributed by atoms with van der Waals surface area (Å²) in [7, 11) is 0. The molecule has 5 rings (SSSR count). The van der Waals surface area contributed by atoms with Crippen LogP contribution in [0.3, 0.4) is 0 Å². The number of aryl methyl sites for hydroxylation is 1. The zero-order valence-corrected chi connectivity index (χ0v) is 20.2. The molecule has 0 radical (unpaired) electrons. The molecule has 0 saturated heterocycles. The molecule has 0 amide bonds. The Morgan fingerprint density at radius 3 is 2.72 bits per heavy atom. The smallest absolute Gasteiger partial charge is 0.192 e. The van der Waals surface area contributed by atoms with Gasteiger partial charge in [-0.15, -0.1) is 16.4 Å². The molecule has 166 valence electrons. The highest BCUT2D eigenvalue weighted by molar-refractivity contribution is 7.19. The normalized spacial score (nSPS) is 17.6. The van der Waals surface area contributed by atoms with Gasteiger partial charge < -0.3 is 10.2 Å². The number of nitrogens with zero attached hydrogens (tertiary/aromatic N) is 5. The monoisotopic (exact) mass is 448 g/mol. The summed E-state index contributed by atoms with van der Waals surface area (Å²) in [5.41, 5.74) is 5.10. The molecule has 8 heteroatoms. The summed E-state index contributed by atoms with van der Waals surface area (Å²) in [6.45, 7) is 13.2. The minimum atomic E-state index is -0.117. The van der Waals surface area contributed by atoms with Gasteiger partial charge in [-0.1, -0.05) is 35.0 Å². The van der Waals surface area contributed by atoms with Gasteiger partial charge in [0.25, 0.3) is 0 Å². The summed E-state index contributed by atoms with van der Waals surface area (Å²) >= 11 is 1.74. The van der Waals surface area contributed by atoms with Crippen LogP contribution in [0.15, 0.2) is 35.7 Å². The number of benzene rings is 1. The predicted molar refractivity (Wildman–Crippen MR) is 128 cm³/mol. The zero-order chi connectivity index (χ0) is 22.7. The molecule has 4 heterocycles. The average Bonchev–Trinajstić information content (AvgIpc) is 3.28. The predicted octanol–water partition coefficient (Wildman–Crippen LogP) is 4.75. The second kappa shape index (κ2) is 7.35. The van der Waals surface area contributed by atoms with E-state index in [1.54, 1.807) is 22.2 Å². The molecule has 1 N–H and O–H groups in total. The highest BCUT2D eigenvalue weighted by Gasteiger charge is 2.39. The van der Waals surface area contributed by atoms with Gasteiger partial charge in [0.15, 0.2) is 18.1 Å². The molecule has 0 aliphatic carbocycles. The molecule has 1 aliphatic rings. The number of rotatable bonds is 4. The van der Waals surface area contributed by atoms with Crippen LogP contribution in [0.25, 0.3) is 15.9 Å². The number of nitrogens with one attached hydrogen (secondary N) is 1. The third kappa shape index (κ3) is 3.67. The number of thiophene rings is 1. The lowest BCUT2D eigenvalue weighted by molar-refractivity contribution is 0.125. The molecule has 4 aromatic rings. The molecule has 3 aromatic heterocycles. The molecular weight excluding hydrogens is 420 g/mol. The minimum Gasteiger partial charge on any atom is -0.387 e. The van der Waals surface area contributed by atoms with Gasteiger partial charge in [0.05, 0.1) is 11.1 Å². The summed E-state index contributed by atoms with van der Waals surface area (Å²) in [4.78, 5) is 17.4. The molecule has 0 spiro atoms. The molecular formula is C24H28N6OS. The van der Waals surface area contributed by atoms with E-state index in [0.29, 0.717) is 5.82 Å². The van der Waals surface area contributed by atoms with Crippen LogP contribution in [-0.2, 0) is 23.4 Å². The van der Waals surface area contributed by atoms with Gasteiger partial charge in [-0.3, -0.25) is 0 Å². The molecule has 1 aliphatic heterocycles. The van der Waals surface area contributed by atoms with Crippen LogP contribution in [0.1, 0.15) is 62.0 Å². The second-order valence-corrected chi connectivity index (χ2v) is 10.8. The summed E-state index contributed by atoms with van der Waals surface area (Å²) in [6, 6.07) is 8.22. The highest BCUT2D eigenvalue weighted by Crippen LogP contribution is 2.44. The van der Waals surface area contributed by atoms with Crippen molar-refractivity contribution in [1.29, 1.82) is 0 Å². The van der Waals surface area contributed by atoms with Crippen molar-refractivity contribution in [1.82, 2.24) is 24.9 Å². The largest absolute Gasteiger partial charge is 0.387 e. The maximum atomic E-state index is 5.59. The highest BCUT2D eigenvalue weighted by atomic mass is 32.1. The Kier molecular flexibility index (Phi) is 4.83. The van der Waals surface area contributed by atoms with Crippen molar-refractivity contribution < 1.29 is 4.84 Å². The lowest BCUT2D eigenvalue weighted by Gasteiger charge is -2.42. The van der Waals surface area contributed by atoms with Gasteiger partial charge in [-0.2, -0.15) is 0 Å². The molecule has 0 bridgehead atoms. The first-order chi connectivity index (χ1) is 15.1. The molecule has 7 nitrogen and oxygen atoms in total. The quantitative estimate of drug-likeness (QED) is 0.360. The molecule has 32 heavy (non-hydrogen) atoms. The number of oxime groups is 1. The van der Waals surface area contributed by atoms with Gasteiger partial charge in [-0.25, -0.2) is 14.5 Å². The van der Waals surface area contributed by atoms with Crippen molar-refractivity contribution in [3.05, 3.63) is 58.0 Å². The van der Waals surface area contributed by atoms with E-state index in [-0.39, 0.29) is 17.7 Å². The van der Waals surface area contributed by atoms with Crippen molar-refractivity contribution in [2.45, 2.75) is 65.6 Å². The Morgan fingerprint density at radius 2 is 1.97 bits per heavy atom. The van der Waals surface area contributed by atoms with E-state index in [0.717, 1.165) is 33.6 Å². The van der Waals surface area contributed by atoms with E-state index in [1.165, 1.54) is 16.0 Å². The topological polar surface area (TPSA) is 76.7 Å². The van der Waals surface area contributed by atoms with E-state index < -0.39 is 0 Å².